The van der Waals surface area contributed by atoms with Gasteiger partial charge in [-0.3, -0.25) is 0 Å². The van der Waals surface area contributed by atoms with E-state index in [1.165, 1.54) is 0 Å². The lowest BCUT2D eigenvalue weighted by Gasteiger charge is -2.16. The number of ether oxygens (including phenoxy) is 2. The fourth-order valence-corrected chi connectivity index (χ4v) is 1.86. The maximum Gasteiger partial charge on any atom is 0.231 e. The second kappa shape index (κ2) is 2.75. The van der Waals surface area contributed by atoms with Crippen molar-refractivity contribution in [3.8, 4) is 11.5 Å². The van der Waals surface area contributed by atoms with Gasteiger partial charge in [0.2, 0.25) is 6.79 Å². The molecule has 0 radical (unpaired) electrons. The van der Waals surface area contributed by atoms with Crippen LogP contribution in [-0.2, 0) is 0 Å². The molecule has 0 saturated heterocycles. The Morgan fingerprint density at radius 3 is 2.86 bits per heavy atom. The van der Waals surface area contributed by atoms with Crippen molar-refractivity contribution >= 4 is 6.08 Å². The maximum atomic E-state index is 9.74. The van der Waals surface area contributed by atoms with Crippen molar-refractivity contribution in [2.24, 2.45) is 0 Å². The molecule has 0 unspecified atom stereocenters. The van der Waals surface area contributed by atoms with Gasteiger partial charge in [0.05, 0.1) is 6.10 Å². The molecule has 1 aromatic rings. The van der Waals surface area contributed by atoms with Crippen molar-refractivity contribution in [1.29, 1.82) is 0 Å². The number of hydrogen-bond acceptors (Lipinski definition) is 3. The largest absolute Gasteiger partial charge is 0.454 e. The fourth-order valence-electron chi connectivity index (χ4n) is 1.86. The van der Waals surface area contributed by atoms with Crippen molar-refractivity contribution in [2.45, 2.75) is 12.5 Å². The van der Waals surface area contributed by atoms with Gasteiger partial charge in [-0.25, -0.2) is 0 Å². The van der Waals surface area contributed by atoms with Gasteiger partial charge in [-0.2, -0.15) is 0 Å². The molecule has 1 aliphatic heterocycles. The first-order valence-electron chi connectivity index (χ1n) is 4.63. The number of aliphatic hydroxyl groups excluding tert-OH is 1. The summed E-state index contributed by atoms with van der Waals surface area (Å²) in [4.78, 5) is 0. The number of benzene rings is 1. The van der Waals surface area contributed by atoms with E-state index < -0.39 is 6.10 Å². The molecule has 1 aromatic carbocycles. The van der Waals surface area contributed by atoms with Crippen LogP contribution in [-0.4, -0.2) is 11.9 Å². The second-order valence-electron chi connectivity index (χ2n) is 3.49. The summed E-state index contributed by atoms with van der Waals surface area (Å²) < 4.78 is 10.5. The number of rotatable bonds is 0. The average Bonchev–Trinajstić information content (AvgIpc) is 2.62. The third-order valence-electron chi connectivity index (χ3n) is 2.59. The molecular weight excluding hydrogens is 180 g/mol. The van der Waals surface area contributed by atoms with Crippen LogP contribution in [0.3, 0.4) is 0 Å². The van der Waals surface area contributed by atoms with Gasteiger partial charge in [0, 0.05) is 0 Å². The van der Waals surface area contributed by atoms with Gasteiger partial charge in [0.15, 0.2) is 11.5 Å². The van der Waals surface area contributed by atoms with Crippen LogP contribution in [0, 0.1) is 0 Å². The van der Waals surface area contributed by atoms with Crippen molar-refractivity contribution in [3.63, 3.8) is 0 Å². The van der Waals surface area contributed by atoms with E-state index in [4.69, 9.17) is 9.47 Å². The summed E-state index contributed by atoms with van der Waals surface area (Å²) in [6, 6.07) is 3.78. The third-order valence-corrected chi connectivity index (χ3v) is 2.59. The average molecular weight is 190 g/mol. The normalized spacial score (nSPS) is 22.2. The zero-order valence-corrected chi connectivity index (χ0v) is 7.56. The lowest BCUT2D eigenvalue weighted by molar-refractivity contribution is 0.172. The summed E-state index contributed by atoms with van der Waals surface area (Å²) in [7, 11) is 0. The topological polar surface area (TPSA) is 38.7 Å². The van der Waals surface area contributed by atoms with Gasteiger partial charge >= 0.3 is 0 Å². The minimum atomic E-state index is -0.413. The molecule has 3 rings (SSSR count). The van der Waals surface area contributed by atoms with Crippen LogP contribution < -0.4 is 9.47 Å². The fraction of sp³-hybridized carbons (Fsp3) is 0.273. The Labute approximate surface area is 81.6 Å². The Morgan fingerprint density at radius 2 is 2.00 bits per heavy atom. The molecular formula is C11H10O3. The highest BCUT2D eigenvalue weighted by Gasteiger charge is 2.21. The number of aliphatic hydroxyl groups is 1. The summed E-state index contributed by atoms with van der Waals surface area (Å²) in [5.74, 6) is 1.50. The van der Waals surface area contributed by atoms with Crippen LogP contribution in [0.2, 0.25) is 0 Å². The summed E-state index contributed by atoms with van der Waals surface area (Å²) in [6.45, 7) is 0.276. The molecule has 0 bridgehead atoms. The lowest BCUT2D eigenvalue weighted by atomic mass is 9.94. The summed E-state index contributed by atoms with van der Waals surface area (Å²) >= 11 is 0. The molecule has 14 heavy (non-hydrogen) atoms. The van der Waals surface area contributed by atoms with E-state index in [1.807, 2.05) is 24.3 Å². The Kier molecular flexibility index (Phi) is 1.55. The van der Waals surface area contributed by atoms with Gasteiger partial charge in [-0.05, 0) is 29.7 Å². The third kappa shape index (κ3) is 1.02. The van der Waals surface area contributed by atoms with Crippen LogP contribution in [0.15, 0.2) is 18.2 Å². The molecule has 0 saturated carbocycles. The lowest BCUT2D eigenvalue weighted by Crippen LogP contribution is -2.02. The van der Waals surface area contributed by atoms with Gasteiger partial charge in [0.1, 0.15) is 0 Å². The minimum Gasteiger partial charge on any atom is -0.454 e. The summed E-state index contributed by atoms with van der Waals surface area (Å²) in [6.07, 6.45) is 4.23. The van der Waals surface area contributed by atoms with Crippen molar-refractivity contribution in [2.75, 3.05) is 6.79 Å². The molecule has 0 amide bonds. The first kappa shape index (κ1) is 7.88. The van der Waals surface area contributed by atoms with Crippen LogP contribution in [0.1, 0.15) is 23.7 Å². The molecule has 3 heteroatoms. The molecule has 2 aliphatic rings. The van der Waals surface area contributed by atoms with Crippen LogP contribution in [0.4, 0.5) is 0 Å². The van der Waals surface area contributed by atoms with Gasteiger partial charge in [0.25, 0.3) is 0 Å². The van der Waals surface area contributed by atoms with E-state index in [2.05, 4.69) is 0 Å². The molecule has 72 valence electrons. The van der Waals surface area contributed by atoms with Gasteiger partial charge < -0.3 is 14.6 Å². The van der Waals surface area contributed by atoms with Crippen molar-refractivity contribution in [1.82, 2.24) is 0 Å². The first-order chi connectivity index (χ1) is 6.84. The highest BCUT2D eigenvalue weighted by atomic mass is 16.7. The minimum absolute atomic E-state index is 0.276. The van der Waals surface area contributed by atoms with E-state index in [-0.39, 0.29) is 6.79 Å². The van der Waals surface area contributed by atoms with E-state index in [1.54, 1.807) is 0 Å². The SMILES string of the molecule is O[C@H]1CC=Cc2cc3c(cc21)OCO3. The molecule has 1 aliphatic carbocycles. The van der Waals surface area contributed by atoms with Crippen molar-refractivity contribution < 1.29 is 14.6 Å². The van der Waals surface area contributed by atoms with Gasteiger partial charge in [-0.1, -0.05) is 12.2 Å². The Morgan fingerprint density at radius 1 is 1.21 bits per heavy atom. The second-order valence-corrected chi connectivity index (χ2v) is 3.49. The maximum absolute atomic E-state index is 9.74. The highest BCUT2D eigenvalue weighted by Crippen LogP contribution is 2.39. The molecule has 0 aromatic heterocycles. The van der Waals surface area contributed by atoms with Crippen LogP contribution in [0.5, 0.6) is 11.5 Å². The number of fused-ring (bicyclic) bond motifs is 2. The molecule has 0 fully saturated rings. The standard InChI is InChI=1S/C11H10O3/c12-9-3-1-2-7-4-10-11(5-8(7)9)14-6-13-10/h1-2,4-5,9,12H,3,6H2/t9-/m0/s1. The van der Waals surface area contributed by atoms with E-state index in [0.717, 1.165) is 22.6 Å². The van der Waals surface area contributed by atoms with E-state index in [0.29, 0.717) is 6.42 Å². The predicted octanol–water partition coefficient (Wildman–Crippen LogP) is 1.87. The molecule has 1 N–H and O–H groups in total. The van der Waals surface area contributed by atoms with Gasteiger partial charge in [-0.15, -0.1) is 0 Å². The zero-order valence-electron chi connectivity index (χ0n) is 7.56. The first-order valence-corrected chi connectivity index (χ1v) is 4.63. The Bertz CT molecular complexity index is 409. The molecule has 1 heterocycles. The number of hydrogen-bond donors (Lipinski definition) is 1. The van der Waals surface area contributed by atoms with E-state index >= 15 is 0 Å². The predicted molar refractivity (Wildman–Crippen MR) is 51.2 cm³/mol. The molecule has 3 nitrogen and oxygen atoms in total. The zero-order chi connectivity index (χ0) is 9.54. The van der Waals surface area contributed by atoms with Crippen LogP contribution in [0.25, 0.3) is 6.08 Å². The highest BCUT2D eigenvalue weighted by molar-refractivity contribution is 5.63. The molecule has 1 atom stereocenters. The summed E-state index contributed by atoms with van der Waals surface area (Å²) in [5.41, 5.74) is 1.95. The Balaban J connectivity index is 2.18. The monoisotopic (exact) mass is 190 g/mol. The smallest absolute Gasteiger partial charge is 0.231 e. The van der Waals surface area contributed by atoms with Crippen molar-refractivity contribution in [3.05, 3.63) is 29.3 Å². The molecule has 0 spiro atoms. The Hall–Kier alpha value is -1.48. The quantitative estimate of drug-likeness (QED) is 0.678. The van der Waals surface area contributed by atoms with E-state index in [9.17, 15) is 5.11 Å². The summed E-state index contributed by atoms with van der Waals surface area (Å²) in [5, 5.41) is 9.74. The van der Waals surface area contributed by atoms with Crippen LogP contribution >= 0.6 is 0 Å².